The Hall–Kier alpha value is -4.17. The van der Waals surface area contributed by atoms with Crippen LogP contribution in [0.2, 0.25) is 0 Å². The molecule has 2 unspecified atom stereocenters. The van der Waals surface area contributed by atoms with E-state index in [4.69, 9.17) is 0 Å². The topological polar surface area (TPSA) is 107 Å². The number of halogens is 6. The first-order chi connectivity index (χ1) is 21.1. The predicted molar refractivity (Wildman–Crippen MR) is 150 cm³/mol. The summed E-state index contributed by atoms with van der Waals surface area (Å²) in [7, 11) is 0. The van der Waals surface area contributed by atoms with Crippen molar-refractivity contribution < 1.29 is 35.9 Å². The molecule has 2 saturated carbocycles. The second kappa shape index (κ2) is 10.7. The molecule has 15 heteroatoms. The fraction of sp³-hybridized carbons (Fsp3) is 0.500. The van der Waals surface area contributed by atoms with Crippen molar-refractivity contribution in [3.8, 4) is 0 Å². The lowest BCUT2D eigenvalue weighted by molar-refractivity contribution is -0.143. The van der Waals surface area contributed by atoms with Gasteiger partial charge < -0.3 is 4.90 Å². The summed E-state index contributed by atoms with van der Waals surface area (Å²) in [5.41, 5.74) is -3.12. The molecule has 240 valence electrons. The number of urea groups is 1. The summed E-state index contributed by atoms with van der Waals surface area (Å²) in [5.74, 6) is 0.371. The van der Waals surface area contributed by atoms with Crippen molar-refractivity contribution in [3.63, 3.8) is 0 Å². The van der Waals surface area contributed by atoms with E-state index >= 15 is 0 Å². The van der Waals surface area contributed by atoms with Gasteiger partial charge in [0.05, 0.1) is 23.2 Å². The minimum atomic E-state index is -5.04. The highest BCUT2D eigenvalue weighted by Crippen LogP contribution is 2.58. The zero-order chi connectivity index (χ0) is 32.4. The summed E-state index contributed by atoms with van der Waals surface area (Å²) < 4.78 is 82.4. The number of benzene rings is 2. The monoisotopic (exact) mass is 635 g/mol. The molecule has 1 aromatic heterocycles. The number of fused-ring (bicyclic) bond motifs is 1. The fourth-order valence-corrected chi connectivity index (χ4v) is 7.47. The van der Waals surface area contributed by atoms with Crippen LogP contribution >= 0.6 is 0 Å². The lowest BCUT2D eigenvalue weighted by Crippen LogP contribution is -2.46. The van der Waals surface area contributed by atoms with Crippen molar-refractivity contribution >= 4 is 23.6 Å². The Kier molecular flexibility index (Phi) is 7.35. The molecule has 2 N–H and O–H groups in total. The van der Waals surface area contributed by atoms with Gasteiger partial charge in [0.15, 0.2) is 0 Å². The number of hydrogen-bond donors (Lipinski definition) is 2. The van der Waals surface area contributed by atoms with Crippen molar-refractivity contribution in [1.29, 1.82) is 0 Å². The number of amides is 3. The lowest BCUT2D eigenvalue weighted by Gasteiger charge is -2.51. The smallest absolute Gasteiger partial charge is 0.313 e. The zero-order valence-electron chi connectivity index (χ0n) is 24.5. The maximum atomic E-state index is 14.1. The van der Waals surface area contributed by atoms with Gasteiger partial charge in [-0.15, -0.1) is 5.10 Å². The Balaban J connectivity index is 1.33. The second-order valence-corrected chi connectivity index (χ2v) is 13.0. The van der Waals surface area contributed by atoms with Crippen LogP contribution < -0.4 is 10.2 Å². The van der Waals surface area contributed by atoms with E-state index < -0.39 is 46.6 Å². The van der Waals surface area contributed by atoms with Crippen LogP contribution in [0.4, 0.5) is 42.8 Å². The van der Waals surface area contributed by atoms with Gasteiger partial charge in [-0.2, -0.15) is 31.6 Å². The Morgan fingerprint density at radius 2 is 1.64 bits per heavy atom. The quantitative estimate of drug-likeness (QED) is 0.297. The van der Waals surface area contributed by atoms with E-state index in [1.807, 2.05) is 0 Å². The average molecular weight is 636 g/mol. The van der Waals surface area contributed by atoms with E-state index in [1.54, 1.807) is 29.2 Å². The molecule has 45 heavy (non-hydrogen) atoms. The van der Waals surface area contributed by atoms with Crippen LogP contribution in [0.3, 0.4) is 0 Å². The minimum Gasteiger partial charge on any atom is -0.313 e. The van der Waals surface area contributed by atoms with Crippen LogP contribution in [0.5, 0.6) is 0 Å². The van der Waals surface area contributed by atoms with Crippen LogP contribution in [0, 0.1) is 17.3 Å². The summed E-state index contributed by atoms with van der Waals surface area (Å²) in [4.78, 5) is 29.3. The maximum Gasteiger partial charge on any atom is 0.416 e. The van der Waals surface area contributed by atoms with Gasteiger partial charge in [0.1, 0.15) is 0 Å². The van der Waals surface area contributed by atoms with Crippen molar-refractivity contribution in [2.75, 3.05) is 16.8 Å². The second-order valence-electron chi connectivity index (χ2n) is 13.0. The molecule has 1 aliphatic heterocycles. The van der Waals surface area contributed by atoms with Gasteiger partial charge in [0.2, 0.25) is 0 Å². The van der Waals surface area contributed by atoms with Crippen molar-refractivity contribution in [3.05, 3.63) is 64.7 Å². The van der Waals surface area contributed by atoms with E-state index in [-0.39, 0.29) is 36.1 Å². The number of tetrazole rings is 1. The summed E-state index contributed by atoms with van der Waals surface area (Å²) in [5, 5.41) is 15.4. The minimum absolute atomic E-state index is 0.0115. The Morgan fingerprint density at radius 1 is 1.00 bits per heavy atom. The van der Waals surface area contributed by atoms with Gasteiger partial charge in [-0.05, 0) is 90.5 Å². The third-order valence-corrected chi connectivity index (χ3v) is 9.76. The third kappa shape index (κ3) is 5.84. The highest BCUT2D eigenvalue weighted by molar-refractivity contribution is 6.03. The largest absolute Gasteiger partial charge is 0.416 e. The normalized spacial score (nSPS) is 24.8. The van der Waals surface area contributed by atoms with E-state index in [0.717, 1.165) is 24.2 Å². The standard InChI is InChI=1S/C30H31F6N7O2/c1-27(2)14-19-7-9-28(10-8-23(19)27)16-42(22-12-20(29(31,32)33)11-21(13-22)30(34,35)36)26(45)43(28)15-17-3-5-18(6-4-17)24(44)37-25-38-40-41-39-25/h3-6,11-13,19,23H,7-10,14-16H2,1-2H3,(H2,37,38,39,40,41,44)/t19-,23?,28?/m1/s1. The number of aromatic nitrogens is 4. The van der Waals surface area contributed by atoms with Gasteiger partial charge in [-0.25, -0.2) is 4.79 Å². The van der Waals surface area contributed by atoms with Crippen LogP contribution in [0.25, 0.3) is 0 Å². The Morgan fingerprint density at radius 3 is 2.22 bits per heavy atom. The molecule has 2 aromatic carbocycles. The van der Waals surface area contributed by atoms with E-state index in [2.05, 4.69) is 39.8 Å². The first-order valence-corrected chi connectivity index (χ1v) is 14.6. The molecule has 0 radical (unpaired) electrons. The summed E-state index contributed by atoms with van der Waals surface area (Å²) in [6.45, 7) is 4.43. The number of nitrogens with zero attached hydrogens (tertiary/aromatic N) is 5. The molecule has 9 nitrogen and oxygen atoms in total. The number of nitrogens with one attached hydrogen (secondary N) is 2. The van der Waals surface area contributed by atoms with E-state index in [0.29, 0.717) is 42.4 Å². The molecule has 3 aromatic rings. The van der Waals surface area contributed by atoms with E-state index in [1.165, 1.54) is 0 Å². The third-order valence-electron chi connectivity index (χ3n) is 9.76. The first-order valence-electron chi connectivity index (χ1n) is 14.6. The summed E-state index contributed by atoms with van der Waals surface area (Å²) >= 11 is 0. The van der Waals surface area contributed by atoms with E-state index in [9.17, 15) is 35.9 Å². The number of carbonyl (C=O) groups excluding carboxylic acids is 2. The molecule has 3 atom stereocenters. The molecule has 2 aliphatic carbocycles. The van der Waals surface area contributed by atoms with Gasteiger partial charge in [0, 0.05) is 17.8 Å². The van der Waals surface area contributed by atoms with Crippen LogP contribution in [-0.2, 0) is 18.9 Å². The van der Waals surface area contributed by atoms with Gasteiger partial charge in [-0.3, -0.25) is 15.0 Å². The maximum absolute atomic E-state index is 14.1. The fourth-order valence-electron chi connectivity index (χ4n) is 7.47. The average Bonchev–Trinajstić information content (AvgIpc) is 3.52. The highest BCUT2D eigenvalue weighted by atomic mass is 19.4. The molecule has 3 amide bonds. The molecule has 3 aliphatic rings. The first kappa shape index (κ1) is 30.8. The summed E-state index contributed by atoms with van der Waals surface area (Å²) in [6.07, 6.45) is -6.32. The van der Waals surface area contributed by atoms with Gasteiger partial charge in [0.25, 0.3) is 11.9 Å². The van der Waals surface area contributed by atoms with Crippen molar-refractivity contribution in [1.82, 2.24) is 25.5 Å². The lowest BCUT2D eigenvalue weighted by atomic mass is 9.54. The number of alkyl halides is 6. The molecular weight excluding hydrogens is 604 g/mol. The number of rotatable bonds is 5. The Bertz CT molecular complexity index is 1560. The predicted octanol–water partition coefficient (Wildman–Crippen LogP) is 6.91. The number of H-pyrrole nitrogens is 1. The number of carbonyl (C=O) groups is 2. The van der Waals surface area contributed by atoms with Crippen molar-refractivity contribution in [2.45, 2.75) is 70.4 Å². The molecule has 1 spiro atoms. The highest BCUT2D eigenvalue weighted by Gasteiger charge is 2.56. The molecule has 0 bridgehead atoms. The van der Waals surface area contributed by atoms with Gasteiger partial charge in [-0.1, -0.05) is 31.1 Å². The number of hydrogen-bond acceptors (Lipinski definition) is 5. The molecule has 6 rings (SSSR count). The summed E-state index contributed by atoms with van der Waals surface area (Å²) in [6, 6.07) is 7.06. The van der Waals surface area contributed by atoms with Crippen LogP contribution in [0.1, 0.15) is 73.0 Å². The molecule has 1 saturated heterocycles. The van der Waals surface area contributed by atoms with Gasteiger partial charge >= 0.3 is 18.4 Å². The Labute approximate surface area is 254 Å². The molecule has 2 heterocycles. The molecule has 3 fully saturated rings. The SMILES string of the molecule is CC1(C)C[C@H]2CCC3(CCC21)CN(c1cc(C(F)(F)F)cc(C(F)(F)F)c1)C(=O)N3Cc1ccc(C(=O)Nc2nn[nH]n2)cc1. The number of anilines is 2. The van der Waals surface area contributed by atoms with Crippen molar-refractivity contribution in [2.24, 2.45) is 17.3 Å². The number of aromatic amines is 1. The zero-order valence-corrected chi connectivity index (χ0v) is 24.5. The van der Waals surface area contributed by atoms with Crippen LogP contribution in [0.15, 0.2) is 42.5 Å². The molecular formula is C30H31F6N7O2. The van der Waals surface area contributed by atoms with Crippen LogP contribution in [-0.4, -0.2) is 49.5 Å².